The molecule has 0 fully saturated rings. The zero-order valence-electron chi connectivity index (χ0n) is 12.1. The van der Waals surface area contributed by atoms with Crippen molar-refractivity contribution in [3.8, 4) is 5.75 Å². The summed E-state index contributed by atoms with van der Waals surface area (Å²) in [5.74, 6) is 0.801. The first-order valence-corrected chi connectivity index (χ1v) is 7.05. The summed E-state index contributed by atoms with van der Waals surface area (Å²) in [5, 5.41) is 3.88. The molecule has 0 aliphatic carbocycles. The first-order chi connectivity index (χ1) is 9.74. The van der Waals surface area contributed by atoms with E-state index in [1.807, 2.05) is 18.2 Å². The van der Waals surface area contributed by atoms with Gasteiger partial charge >= 0.3 is 0 Å². The summed E-state index contributed by atoms with van der Waals surface area (Å²) in [5.41, 5.74) is 1.67. The minimum absolute atomic E-state index is 0.0339. The Hall–Kier alpha value is -1.97. The SMILES string of the molecule is CCCCCNC(=O)Cc1coc2ccc(OC)cc12. The molecule has 0 radical (unpaired) electrons. The van der Waals surface area contributed by atoms with Crippen LogP contribution in [-0.2, 0) is 11.2 Å². The van der Waals surface area contributed by atoms with Gasteiger partial charge < -0.3 is 14.5 Å². The van der Waals surface area contributed by atoms with Gasteiger partial charge in [-0.15, -0.1) is 0 Å². The fourth-order valence-corrected chi connectivity index (χ4v) is 2.16. The third kappa shape index (κ3) is 3.53. The lowest BCUT2D eigenvalue weighted by molar-refractivity contribution is -0.120. The Morgan fingerprint density at radius 1 is 1.35 bits per heavy atom. The number of carbonyl (C=O) groups excluding carboxylic acids is 1. The van der Waals surface area contributed by atoms with Gasteiger partial charge in [-0.25, -0.2) is 0 Å². The van der Waals surface area contributed by atoms with Crippen LogP contribution in [0.3, 0.4) is 0 Å². The van der Waals surface area contributed by atoms with E-state index in [-0.39, 0.29) is 5.91 Å². The molecule has 0 saturated carbocycles. The predicted molar refractivity (Wildman–Crippen MR) is 79.0 cm³/mol. The number of amides is 1. The third-order valence-electron chi connectivity index (χ3n) is 3.31. The highest BCUT2D eigenvalue weighted by atomic mass is 16.5. The number of nitrogens with one attached hydrogen (secondary N) is 1. The van der Waals surface area contributed by atoms with E-state index in [9.17, 15) is 4.79 Å². The van der Waals surface area contributed by atoms with Gasteiger partial charge in [-0.2, -0.15) is 0 Å². The van der Waals surface area contributed by atoms with Gasteiger partial charge in [-0.1, -0.05) is 19.8 Å². The highest BCUT2D eigenvalue weighted by Crippen LogP contribution is 2.26. The molecule has 1 heterocycles. The van der Waals surface area contributed by atoms with Gasteiger partial charge in [0, 0.05) is 17.5 Å². The second kappa shape index (κ2) is 6.98. The van der Waals surface area contributed by atoms with E-state index in [0.29, 0.717) is 6.42 Å². The van der Waals surface area contributed by atoms with Crippen molar-refractivity contribution in [2.45, 2.75) is 32.6 Å². The molecule has 0 atom stereocenters. The summed E-state index contributed by atoms with van der Waals surface area (Å²) in [7, 11) is 1.63. The molecule has 1 amide bonds. The molecule has 4 heteroatoms. The minimum Gasteiger partial charge on any atom is -0.497 e. The normalized spacial score (nSPS) is 10.7. The molecule has 2 rings (SSSR count). The lowest BCUT2D eigenvalue weighted by atomic mass is 10.1. The molecule has 1 aromatic carbocycles. The van der Waals surface area contributed by atoms with Crippen LogP contribution in [0.5, 0.6) is 5.75 Å². The Bertz CT molecular complexity index is 574. The fraction of sp³-hybridized carbons (Fsp3) is 0.438. The molecule has 20 heavy (non-hydrogen) atoms. The van der Waals surface area contributed by atoms with Crippen molar-refractivity contribution in [2.75, 3.05) is 13.7 Å². The summed E-state index contributed by atoms with van der Waals surface area (Å²) in [6.07, 6.45) is 5.32. The topological polar surface area (TPSA) is 51.5 Å². The quantitative estimate of drug-likeness (QED) is 0.789. The predicted octanol–water partition coefficient (Wildman–Crippen LogP) is 3.29. The number of rotatable bonds is 7. The Morgan fingerprint density at radius 2 is 2.20 bits per heavy atom. The van der Waals surface area contributed by atoms with E-state index in [1.165, 1.54) is 0 Å². The number of unbranched alkanes of at least 4 members (excludes halogenated alkanes) is 2. The summed E-state index contributed by atoms with van der Waals surface area (Å²) >= 11 is 0. The number of hydrogen-bond donors (Lipinski definition) is 1. The summed E-state index contributed by atoms with van der Waals surface area (Å²) in [4.78, 5) is 11.9. The van der Waals surface area contributed by atoms with E-state index in [4.69, 9.17) is 9.15 Å². The lowest BCUT2D eigenvalue weighted by Crippen LogP contribution is -2.25. The minimum atomic E-state index is 0.0339. The second-order valence-electron chi connectivity index (χ2n) is 4.86. The number of methoxy groups -OCH3 is 1. The summed E-state index contributed by atoms with van der Waals surface area (Å²) in [6, 6.07) is 5.61. The largest absolute Gasteiger partial charge is 0.497 e. The van der Waals surface area contributed by atoms with Gasteiger partial charge in [0.2, 0.25) is 5.91 Å². The van der Waals surface area contributed by atoms with Crippen molar-refractivity contribution < 1.29 is 13.9 Å². The maximum Gasteiger partial charge on any atom is 0.224 e. The molecule has 0 bridgehead atoms. The van der Waals surface area contributed by atoms with E-state index in [0.717, 1.165) is 48.1 Å². The van der Waals surface area contributed by atoms with Gasteiger partial charge in [0.15, 0.2) is 0 Å². The number of hydrogen-bond acceptors (Lipinski definition) is 3. The monoisotopic (exact) mass is 275 g/mol. The van der Waals surface area contributed by atoms with E-state index >= 15 is 0 Å². The Morgan fingerprint density at radius 3 is 2.95 bits per heavy atom. The molecule has 4 nitrogen and oxygen atoms in total. The van der Waals surface area contributed by atoms with Gasteiger partial charge in [-0.3, -0.25) is 4.79 Å². The maximum atomic E-state index is 11.9. The van der Waals surface area contributed by atoms with Crippen molar-refractivity contribution in [1.82, 2.24) is 5.32 Å². The number of furan rings is 1. The van der Waals surface area contributed by atoms with Crippen LogP contribution < -0.4 is 10.1 Å². The third-order valence-corrected chi connectivity index (χ3v) is 3.31. The molecular weight excluding hydrogens is 254 g/mol. The zero-order chi connectivity index (χ0) is 14.4. The molecule has 2 aromatic rings. The molecule has 1 N–H and O–H groups in total. The van der Waals surface area contributed by atoms with Crippen LogP contribution in [0.4, 0.5) is 0 Å². The van der Waals surface area contributed by atoms with Crippen molar-refractivity contribution in [3.63, 3.8) is 0 Å². The number of carbonyl (C=O) groups is 1. The average molecular weight is 275 g/mol. The molecular formula is C16H21NO3. The molecule has 108 valence electrons. The first kappa shape index (κ1) is 14.4. The van der Waals surface area contributed by atoms with Crippen LogP contribution in [0.1, 0.15) is 31.7 Å². The van der Waals surface area contributed by atoms with Gasteiger partial charge in [0.05, 0.1) is 19.8 Å². The second-order valence-corrected chi connectivity index (χ2v) is 4.86. The molecule has 0 aliphatic rings. The van der Waals surface area contributed by atoms with Crippen LogP contribution in [0.2, 0.25) is 0 Å². The van der Waals surface area contributed by atoms with Gasteiger partial charge in [0.1, 0.15) is 11.3 Å². The lowest BCUT2D eigenvalue weighted by Gasteiger charge is -2.04. The van der Waals surface area contributed by atoms with Crippen molar-refractivity contribution in [3.05, 3.63) is 30.0 Å². The van der Waals surface area contributed by atoms with Crippen LogP contribution in [0, 0.1) is 0 Å². The van der Waals surface area contributed by atoms with Crippen molar-refractivity contribution in [2.24, 2.45) is 0 Å². The Labute approximate surface area is 119 Å². The molecule has 1 aromatic heterocycles. The molecule has 0 aliphatic heterocycles. The highest BCUT2D eigenvalue weighted by Gasteiger charge is 2.11. The van der Waals surface area contributed by atoms with Crippen LogP contribution in [0.25, 0.3) is 11.0 Å². The smallest absolute Gasteiger partial charge is 0.224 e. The summed E-state index contributed by atoms with van der Waals surface area (Å²) in [6.45, 7) is 2.89. The molecule has 0 spiro atoms. The van der Waals surface area contributed by atoms with Crippen LogP contribution in [0.15, 0.2) is 28.9 Å². The summed E-state index contributed by atoms with van der Waals surface area (Å²) < 4.78 is 10.7. The highest BCUT2D eigenvalue weighted by molar-refractivity contribution is 5.88. The molecule has 0 saturated heterocycles. The van der Waals surface area contributed by atoms with Gasteiger partial charge in [0.25, 0.3) is 0 Å². The molecule has 0 unspecified atom stereocenters. The Kier molecular flexibility index (Phi) is 5.04. The van der Waals surface area contributed by atoms with Crippen LogP contribution in [-0.4, -0.2) is 19.6 Å². The maximum absolute atomic E-state index is 11.9. The Balaban J connectivity index is 2.00. The first-order valence-electron chi connectivity index (χ1n) is 7.05. The van der Waals surface area contributed by atoms with Crippen LogP contribution >= 0.6 is 0 Å². The average Bonchev–Trinajstić information content (AvgIpc) is 2.86. The number of benzene rings is 1. The number of fused-ring (bicyclic) bond motifs is 1. The van der Waals surface area contributed by atoms with E-state index in [1.54, 1.807) is 13.4 Å². The van der Waals surface area contributed by atoms with E-state index < -0.39 is 0 Å². The van der Waals surface area contributed by atoms with Crippen molar-refractivity contribution in [1.29, 1.82) is 0 Å². The number of ether oxygens (including phenoxy) is 1. The standard InChI is InChI=1S/C16H21NO3/c1-3-4-5-8-17-16(18)9-12-11-20-15-7-6-13(19-2)10-14(12)15/h6-7,10-11H,3-5,8-9H2,1-2H3,(H,17,18). The fourth-order valence-electron chi connectivity index (χ4n) is 2.16. The van der Waals surface area contributed by atoms with Crippen molar-refractivity contribution >= 4 is 16.9 Å². The van der Waals surface area contributed by atoms with E-state index in [2.05, 4.69) is 12.2 Å². The zero-order valence-corrected chi connectivity index (χ0v) is 12.1. The van der Waals surface area contributed by atoms with Gasteiger partial charge in [-0.05, 0) is 24.6 Å².